The largest absolute Gasteiger partial charge is 0.457 e. The van der Waals surface area contributed by atoms with E-state index < -0.39 is 6.11 Å². The first-order valence-electron chi connectivity index (χ1n) is 11.7. The molecule has 1 fully saturated rings. The predicted octanol–water partition coefficient (Wildman–Crippen LogP) is 7.54. The van der Waals surface area contributed by atoms with E-state index in [9.17, 15) is 8.78 Å². The van der Waals surface area contributed by atoms with E-state index in [1.54, 1.807) is 12.1 Å². The Labute approximate surface area is 197 Å². The van der Waals surface area contributed by atoms with Crippen LogP contribution in [0.1, 0.15) is 56.2 Å². The Hall–Kier alpha value is -3.48. The standard InChI is InChI=1S/C27H27F2N3O2/c1-18-16-31-32-25(20-6-4-3-5-7-20)24(17-30-26(18)32)19-8-10-21(11-9-19)33-22-12-14-23(15-13-22)34-27(2,28)29/h8-17,20H,3-7H2,1-2H3. The van der Waals surface area contributed by atoms with Crippen LogP contribution in [0.15, 0.2) is 60.9 Å². The molecule has 5 rings (SSSR count). The van der Waals surface area contributed by atoms with E-state index in [1.807, 2.05) is 48.1 Å². The van der Waals surface area contributed by atoms with Gasteiger partial charge in [-0.2, -0.15) is 13.9 Å². The van der Waals surface area contributed by atoms with Crippen molar-refractivity contribution in [3.05, 3.63) is 72.2 Å². The fourth-order valence-electron chi connectivity index (χ4n) is 4.68. The van der Waals surface area contributed by atoms with Gasteiger partial charge in [0.05, 0.1) is 11.9 Å². The lowest BCUT2D eigenvalue weighted by Gasteiger charge is -2.25. The highest BCUT2D eigenvalue weighted by Crippen LogP contribution is 2.39. The molecular weight excluding hydrogens is 436 g/mol. The Balaban J connectivity index is 1.40. The fraction of sp³-hybridized carbons (Fsp3) is 0.333. The number of benzene rings is 2. The summed E-state index contributed by atoms with van der Waals surface area (Å²) in [5, 5.41) is 4.65. The minimum Gasteiger partial charge on any atom is -0.457 e. The van der Waals surface area contributed by atoms with Crippen molar-refractivity contribution < 1.29 is 18.3 Å². The average molecular weight is 464 g/mol. The van der Waals surface area contributed by atoms with E-state index in [-0.39, 0.29) is 5.75 Å². The van der Waals surface area contributed by atoms with Gasteiger partial charge in [0, 0.05) is 30.2 Å². The maximum absolute atomic E-state index is 13.0. The van der Waals surface area contributed by atoms with Crippen LogP contribution in [0.4, 0.5) is 8.78 Å². The molecule has 0 unspecified atom stereocenters. The summed E-state index contributed by atoms with van der Waals surface area (Å²) in [6.07, 6.45) is 6.71. The molecule has 0 spiro atoms. The minimum absolute atomic E-state index is 0.0854. The number of alkyl halides is 2. The summed E-state index contributed by atoms with van der Waals surface area (Å²) in [4.78, 5) is 4.70. The van der Waals surface area contributed by atoms with Gasteiger partial charge >= 0.3 is 6.11 Å². The Morgan fingerprint density at radius 1 is 0.882 bits per heavy atom. The van der Waals surface area contributed by atoms with Gasteiger partial charge in [0.2, 0.25) is 0 Å². The van der Waals surface area contributed by atoms with Gasteiger partial charge in [-0.1, -0.05) is 31.4 Å². The van der Waals surface area contributed by atoms with E-state index in [4.69, 9.17) is 9.72 Å². The number of fused-ring (bicyclic) bond motifs is 1. The van der Waals surface area contributed by atoms with Crippen molar-refractivity contribution in [3.63, 3.8) is 0 Å². The first-order valence-corrected chi connectivity index (χ1v) is 11.7. The van der Waals surface area contributed by atoms with E-state index in [1.165, 1.54) is 37.1 Å². The van der Waals surface area contributed by atoms with Gasteiger partial charge in [-0.05, 0) is 61.7 Å². The highest BCUT2D eigenvalue weighted by atomic mass is 19.3. The lowest BCUT2D eigenvalue weighted by Crippen LogP contribution is -2.18. The van der Waals surface area contributed by atoms with Crippen molar-refractivity contribution in [2.75, 3.05) is 0 Å². The Kier molecular flexibility index (Phi) is 5.94. The maximum Gasteiger partial charge on any atom is 0.394 e. The highest BCUT2D eigenvalue weighted by Gasteiger charge is 2.24. The third-order valence-corrected chi connectivity index (χ3v) is 6.25. The molecule has 0 amide bonds. The Bertz CT molecular complexity index is 1270. The van der Waals surface area contributed by atoms with E-state index >= 15 is 0 Å². The van der Waals surface area contributed by atoms with Crippen LogP contribution < -0.4 is 9.47 Å². The molecule has 34 heavy (non-hydrogen) atoms. The number of halogens is 2. The van der Waals surface area contributed by atoms with Gasteiger partial charge in [-0.15, -0.1) is 0 Å². The first kappa shape index (κ1) is 22.3. The topological polar surface area (TPSA) is 48.7 Å². The van der Waals surface area contributed by atoms with Crippen molar-refractivity contribution in [3.8, 4) is 28.4 Å². The quantitative estimate of drug-likeness (QED) is 0.296. The molecular formula is C27H27F2N3O2. The zero-order valence-corrected chi connectivity index (χ0v) is 19.3. The third kappa shape index (κ3) is 4.74. The molecule has 4 aromatic rings. The lowest BCUT2D eigenvalue weighted by molar-refractivity contribution is -0.158. The molecule has 0 N–H and O–H groups in total. The molecule has 0 radical (unpaired) electrons. The summed E-state index contributed by atoms with van der Waals surface area (Å²) in [7, 11) is 0. The van der Waals surface area contributed by atoms with Crippen molar-refractivity contribution in [1.82, 2.24) is 14.6 Å². The molecule has 2 heterocycles. The van der Waals surface area contributed by atoms with Crippen molar-refractivity contribution >= 4 is 5.65 Å². The number of nitrogens with zero attached hydrogens (tertiary/aromatic N) is 3. The second-order valence-corrected chi connectivity index (χ2v) is 8.96. The van der Waals surface area contributed by atoms with Gasteiger partial charge in [-0.25, -0.2) is 9.50 Å². The second kappa shape index (κ2) is 9.05. The monoisotopic (exact) mass is 463 g/mol. The fourth-order valence-corrected chi connectivity index (χ4v) is 4.68. The summed E-state index contributed by atoms with van der Waals surface area (Å²) in [6, 6.07) is 14.0. The number of aromatic nitrogens is 3. The molecule has 0 aliphatic heterocycles. The van der Waals surface area contributed by atoms with Gasteiger partial charge in [0.1, 0.15) is 17.2 Å². The van der Waals surface area contributed by atoms with Gasteiger partial charge in [0.15, 0.2) is 5.65 Å². The number of rotatable bonds is 6. The van der Waals surface area contributed by atoms with Gasteiger partial charge in [0.25, 0.3) is 0 Å². The lowest BCUT2D eigenvalue weighted by atomic mass is 9.84. The normalized spacial score (nSPS) is 14.9. The molecule has 1 aliphatic carbocycles. The second-order valence-electron chi connectivity index (χ2n) is 8.96. The van der Waals surface area contributed by atoms with Crippen LogP contribution in [-0.4, -0.2) is 20.7 Å². The molecule has 176 valence electrons. The zero-order chi connectivity index (χ0) is 23.7. The van der Waals surface area contributed by atoms with Crippen LogP contribution >= 0.6 is 0 Å². The zero-order valence-electron chi connectivity index (χ0n) is 19.3. The minimum atomic E-state index is -3.22. The number of hydrogen-bond acceptors (Lipinski definition) is 4. The van der Waals surface area contributed by atoms with E-state index in [2.05, 4.69) is 9.84 Å². The Morgan fingerprint density at radius 2 is 1.50 bits per heavy atom. The number of hydrogen-bond donors (Lipinski definition) is 0. The van der Waals surface area contributed by atoms with E-state index in [0.29, 0.717) is 24.3 Å². The van der Waals surface area contributed by atoms with Crippen LogP contribution in [0.5, 0.6) is 17.2 Å². The van der Waals surface area contributed by atoms with Crippen LogP contribution in [0.2, 0.25) is 0 Å². The van der Waals surface area contributed by atoms with Gasteiger partial charge < -0.3 is 9.47 Å². The van der Waals surface area contributed by atoms with Crippen molar-refractivity contribution in [1.29, 1.82) is 0 Å². The summed E-state index contributed by atoms with van der Waals surface area (Å²) < 4.78 is 38.5. The van der Waals surface area contributed by atoms with Crippen LogP contribution in [-0.2, 0) is 0 Å². The molecule has 1 saturated carbocycles. The SMILES string of the molecule is Cc1cnn2c(C3CCCCC3)c(-c3ccc(Oc4ccc(OC(C)(F)F)cc4)cc3)cnc12. The first-order chi connectivity index (χ1) is 16.4. The molecule has 0 bridgehead atoms. The molecule has 0 saturated heterocycles. The molecule has 7 heteroatoms. The average Bonchev–Trinajstić information content (AvgIpc) is 3.21. The van der Waals surface area contributed by atoms with Crippen LogP contribution in [0, 0.1) is 6.92 Å². The van der Waals surface area contributed by atoms with Gasteiger partial charge in [-0.3, -0.25) is 0 Å². The summed E-state index contributed by atoms with van der Waals surface area (Å²) in [5.74, 6) is 1.74. The van der Waals surface area contributed by atoms with E-state index in [0.717, 1.165) is 35.2 Å². The maximum atomic E-state index is 13.0. The van der Waals surface area contributed by atoms with Crippen LogP contribution in [0.3, 0.4) is 0 Å². The molecule has 1 aliphatic rings. The van der Waals surface area contributed by atoms with Crippen molar-refractivity contribution in [2.24, 2.45) is 0 Å². The summed E-state index contributed by atoms with van der Waals surface area (Å²) >= 11 is 0. The van der Waals surface area contributed by atoms with Crippen LogP contribution in [0.25, 0.3) is 16.8 Å². The number of aryl methyl sites for hydroxylation is 1. The molecule has 0 atom stereocenters. The Morgan fingerprint density at radius 3 is 2.15 bits per heavy atom. The molecule has 2 aromatic heterocycles. The summed E-state index contributed by atoms with van der Waals surface area (Å²) in [5.41, 5.74) is 5.37. The highest BCUT2D eigenvalue weighted by molar-refractivity contribution is 5.69. The number of ether oxygens (including phenoxy) is 2. The summed E-state index contributed by atoms with van der Waals surface area (Å²) in [6.45, 7) is 2.75. The van der Waals surface area contributed by atoms with Crippen molar-refractivity contribution in [2.45, 2.75) is 58.0 Å². The predicted molar refractivity (Wildman–Crippen MR) is 127 cm³/mol. The third-order valence-electron chi connectivity index (χ3n) is 6.25. The molecule has 5 nitrogen and oxygen atoms in total. The smallest absolute Gasteiger partial charge is 0.394 e. The molecule has 2 aromatic carbocycles.